The molecule has 0 radical (unpaired) electrons. The molecule has 0 aliphatic heterocycles. The average Bonchev–Trinajstić information content (AvgIpc) is 2.62. The van der Waals surface area contributed by atoms with E-state index < -0.39 is 16.9 Å². The molecule has 0 atom stereocenters. The molecule has 0 fully saturated rings. The fourth-order valence-corrected chi connectivity index (χ4v) is 1.87. The van der Waals surface area contributed by atoms with Crippen molar-refractivity contribution in [1.29, 1.82) is 0 Å². The van der Waals surface area contributed by atoms with E-state index in [2.05, 4.69) is 0 Å². The topological polar surface area (TPSA) is 105 Å². The van der Waals surface area contributed by atoms with Crippen molar-refractivity contribution in [3.05, 3.63) is 69.8 Å². The molecule has 25 heavy (non-hydrogen) atoms. The molecule has 2 aromatic rings. The van der Waals surface area contributed by atoms with Crippen LogP contribution in [0, 0.1) is 10.1 Å². The Morgan fingerprint density at radius 1 is 1.00 bits per heavy atom. The molecule has 0 unspecified atom stereocenters. The number of nitrogens with zero attached hydrogens (tertiary/aromatic N) is 1. The summed E-state index contributed by atoms with van der Waals surface area (Å²) in [4.78, 5) is 33.9. The first-order valence-corrected chi connectivity index (χ1v) is 7.24. The number of ether oxygens (including phenoxy) is 3. The predicted octanol–water partition coefficient (Wildman–Crippen LogP) is 2.62. The van der Waals surface area contributed by atoms with Crippen molar-refractivity contribution in [2.75, 3.05) is 20.3 Å². The van der Waals surface area contributed by atoms with E-state index >= 15 is 0 Å². The van der Waals surface area contributed by atoms with E-state index in [0.717, 1.165) is 6.07 Å². The summed E-state index contributed by atoms with van der Waals surface area (Å²) in [7, 11) is 1.50. The summed E-state index contributed by atoms with van der Waals surface area (Å²) in [6.07, 6.45) is 0. The lowest BCUT2D eigenvalue weighted by Gasteiger charge is -2.06. The van der Waals surface area contributed by atoms with Gasteiger partial charge in [0.2, 0.25) is 0 Å². The number of nitro benzene ring substituents is 1. The molecule has 0 saturated carbocycles. The summed E-state index contributed by atoms with van der Waals surface area (Å²) < 4.78 is 14.9. The van der Waals surface area contributed by atoms with E-state index in [0.29, 0.717) is 12.2 Å². The molecule has 130 valence electrons. The lowest BCUT2D eigenvalue weighted by Crippen LogP contribution is -2.11. The Bertz CT molecular complexity index is 771. The van der Waals surface area contributed by atoms with Crippen molar-refractivity contribution in [1.82, 2.24) is 0 Å². The smallest absolute Gasteiger partial charge is 0.343 e. The van der Waals surface area contributed by atoms with Crippen LogP contribution in [-0.2, 0) is 9.47 Å². The van der Waals surface area contributed by atoms with E-state index in [-0.39, 0.29) is 23.6 Å². The molecule has 8 nitrogen and oxygen atoms in total. The molecule has 0 N–H and O–H groups in total. The number of rotatable bonds is 7. The largest absolute Gasteiger partial charge is 0.460 e. The zero-order valence-corrected chi connectivity index (χ0v) is 13.3. The number of hydrogen-bond acceptors (Lipinski definition) is 7. The average molecular weight is 345 g/mol. The van der Waals surface area contributed by atoms with Crippen LogP contribution in [0.1, 0.15) is 20.7 Å². The highest BCUT2D eigenvalue weighted by Gasteiger charge is 2.14. The molecule has 0 bridgehead atoms. The van der Waals surface area contributed by atoms with E-state index in [4.69, 9.17) is 14.2 Å². The fourth-order valence-electron chi connectivity index (χ4n) is 1.87. The van der Waals surface area contributed by atoms with E-state index in [1.165, 1.54) is 49.6 Å². The zero-order chi connectivity index (χ0) is 18.2. The van der Waals surface area contributed by atoms with Gasteiger partial charge in [-0.15, -0.1) is 0 Å². The maximum atomic E-state index is 12.0. The van der Waals surface area contributed by atoms with Gasteiger partial charge in [0.25, 0.3) is 5.69 Å². The highest BCUT2D eigenvalue weighted by Crippen LogP contribution is 2.17. The minimum atomic E-state index is -0.737. The summed E-state index contributed by atoms with van der Waals surface area (Å²) in [5, 5.41) is 10.7. The molecule has 0 aromatic heterocycles. The Hall–Kier alpha value is -3.26. The second-order valence-corrected chi connectivity index (χ2v) is 4.85. The van der Waals surface area contributed by atoms with Gasteiger partial charge in [-0.05, 0) is 30.3 Å². The number of hydrogen-bond donors (Lipinski definition) is 0. The Morgan fingerprint density at radius 2 is 1.72 bits per heavy atom. The Kier molecular flexibility index (Phi) is 6.19. The number of carbonyl (C=O) groups is 2. The van der Waals surface area contributed by atoms with Crippen LogP contribution in [0.5, 0.6) is 5.75 Å². The maximum absolute atomic E-state index is 12.0. The van der Waals surface area contributed by atoms with Crippen molar-refractivity contribution in [2.45, 2.75) is 0 Å². The van der Waals surface area contributed by atoms with Gasteiger partial charge in [0.1, 0.15) is 12.4 Å². The van der Waals surface area contributed by atoms with Gasteiger partial charge in [0.05, 0.1) is 22.7 Å². The van der Waals surface area contributed by atoms with Crippen LogP contribution in [0.15, 0.2) is 48.5 Å². The Balaban J connectivity index is 2.01. The molecule has 0 aliphatic carbocycles. The molecular weight excluding hydrogens is 330 g/mol. The first-order valence-electron chi connectivity index (χ1n) is 7.24. The monoisotopic (exact) mass is 345 g/mol. The van der Waals surface area contributed by atoms with Gasteiger partial charge in [-0.2, -0.15) is 0 Å². The van der Waals surface area contributed by atoms with Crippen LogP contribution >= 0.6 is 0 Å². The van der Waals surface area contributed by atoms with Gasteiger partial charge in [0, 0.05) is 19.2 Å². The third-order valence-corrected chi connectivity index (χ3v) is 3.11. The van der Waals surface area contributed by atoms with Crippen molar-refractivity contribution in [2.24, 2.45) is 0 Å². The molecule has 0 amide bonds. The Labute approximate surface area is 143 Å². The summed E-state index contributed by atoms with van der Waals surface area (Å²) in [5.41, 5.74) is 0.145. The minimum absolute atomic E-state index is 0.0530. The van der Waals surface area contributed by atoms with E-state index in [1.54, 1.807) is 0 Å². The predicted molar refractivity (Wildman–Crippen MR) is 86.7 cm³/mol. The van der Waals surface area contributed by atoms with Crippen molar-refractivity contribution < 1.29 is 28.7 Å². The van der Waals surface area contributed by atoms with Gasteiger partial charge in [0.15, 0.2) is 0 Å². The molecule has 0 spiro atoms. The first-order chi connectivity index (χ1) is 12.0. The summed E-state index contributed by atoms with van der Waals surface area (Å²) in [6.45, 7) is 0.434. The molecule has 0 heterocycles. The summed E-state index contributed by atoms with van der Waals surface area (Å²) >= 11 is 0. The van der Waals surface area contributed by atoms with Crippen LogP contribution < -0.4 is 4.74 Å². The van der Waals surface area contributed by atoms with Crippen LogP contribution in [0.4, 0.5) is 5.69 Å². The standard InChI is InChI=1S/C17H15NO7/c1-23-9-10-24-16(19)12-5-7-15(8-6-12)25-17(20)13-3-2-4-14(11-13)18(21)22/h2-8,11H,9-10H2,1H3. The van der Waals surface area contributed by atoms with Gasteiger partial charge in [-0.1, -0.05) is 6.07 Å². The molecule has 2 rings (SSSR count). The highest BCUT2D eigenvalue weighted by molar-refractivity contribution is 5.92. The van der Waals surface area contributed by atoms with E-state index in [1.807, 2.05) is 0 Å². The van der Waals surface area contributed by atoms with Crippen molar-refractivity contribution in [3.63, 3.8) is 0 Å². The first kappa shape index (κ1) is 18.1. The van der Waals surface area contributed by atoms with Crippen LogP contribution in [0.3, 0.4) is 0 Å². The van der Waals surface area contributed by atoms with Gasteiger partial charge < -0.3 is 14.2 Å². The van der Waals surface area contributed by atoms with Gasteiger partial charge in [-0.3, -0.25) is 10.1 Å². The summed E-state index contributed by atoms with van der Waals surface area (Å²) in [5.74, 6) is -1.06. The molecular formula is C17H15NO7. The lowest BCUT2D eigenvalue weighted by molar-refractivity contribution is -0.384. The van der Waals surface area contributed by atoms with Crippen LogP contribution in [0.2, 0.25) is 0 Å². The SMILES string of the molecule is COCCOC(=O)c1ccc(OC(=O)c2cccc([N+](=O)[O-])c2)cc1. The second-order valence-electron chi connectivity index (χ2n) is 4.85. The second kappa shape index (κ2) is 8.55. The number of non-ortho nitro benzene ring substituents is 1. The Morgan fingerprint density at radius 3 is 2.36 bits per heavy atom. The minimum Gasteiger partial charge on any atom is -0.460 e. The van der Waals surface area contributed by atoms with Crippen LogP contribution in [-0.4, -0.2) is 37.2 Å². The zero-order valence-electron chi connectivity index (χ0n) is 13.3. The number of esters is 2. The third-order valence-electron chi connectivity index (χ3n) is 3.11. The number of nitro groups is 1. The highest BCUT2D eigenvalue weighted by atomic mass is 16.6. The normalized spacial score (nSPS) is 10.1. The van der Waals surface area contributed by atoms with Crippen molar-refractivity contribution in [3.8, 4) is 5.75 Å². The van der Waals surface area contributed by atoms with E-state index in [9.17, 15) is 19.7 Å². The lowest BCUT2D eigenvalue weighted by atomic mass is 10.2. The number of carbonyl (C=O) groups excluding carboxylic acids is 2. The van der Waals surface area contributed by atoms with Crippen LogP contribution in [0.25, 0.3) is 0 Å². The number of benzene rings is 2. The quantitative estimate of drug-likeness (QED) is 0.250. The third kappa shape index (κ3) is 5.11. The molecule has 8 heteroatoms. The van der Waals surface area contributed by atoms with Gasteiger partial charge >= 0.3 is 11.9 Å². The van der Waals surface area contributed by atoms with Gasteiger partial charge in [-0.25, -0.2) is 9.59 Å². The van der Waals surface area contributed by atoms with Crippen molar-refractivity contribution >= 4 is 17.6 Å². The molecule has 2 aromatic carbocycles. The fraction of sp³-hybridized carbons (Fsp3) is 0.176. The molecule has 0 aliphatic rings. The summed E-state index contributed by atoms with van der Waals surface area (Å²) in [6, 6.07) is 11.0. The molecule has 0 saturated heterocycles. The number of methoxy groups -OCH3 is 1. The maximum Gasteiger partial charge on any atom is 0.343 e.